The third-order valence-corrected chi connectivity index (χ3v) is 8.78. The molecule has 4 aromatic rings. The molecule has 1 aliphatic carbocycles. The van der Waals surface area contributed by atoms with E-state index in [0.29, 0.717) is 39.0 Å². The number of piperidine rings is 1. The van der Waals surface area contributed by atoms with E-state index in [0.717, 1.165) is 50.8 Å². The lowest BCUT2D eigenvalue weighted by Crippen LogP contribution is -2.43. The Morgan fingerprint density at radius 1 is 1.00 bits per heavy atom. The van der Waals surface area contributed by atoms with Crippen molar-refractivity contribution in [2.75, 3.05) is 13.1 Å². The van der Waals surface area contributed by atoms with Gasteiger partial charge in [-0.15, -0.1) is 0 Å². The zero-order valence-electron chi connectivity index (χ0n) is 24.1. The van der Waals surface area contributed by atoms with Crippen LogP contribution in [0.5, 0.6) is 5.75 Å². The normalized spacial score (nSPS) is 16.0. The van der Waals surface area contributed by atoms with Crippen molar-refractivity contribution in [2.24, 2.45) is 5.92 Å². The van der Waals surface area contributed by atoms with Gasteiger partial charge in [-0.25, -0.2) is 14.5 Å². The highest BCUT2D eigenvalue weighted by Gasteiger charge is 2.41. The number of carboxylic acids is 1. The van der Waals surface area contributed by atoms with Crippen molar-refractivity contribution in [1.82, 2.24) is 19.7 Å². The fraction of sp³-hybridized carbons (Fsp3) is 0.333. The number of rotatable bonds is 8. The molecule has 2 aromatic carbocycles. The van der Waals surface area contributed by atoms with Gasteiger partial charge in [-0.3, -0.25) is 4.79 Å². The number of carbonyl (C=O) groups is 2. The summed E-state index contributed by atoms with van der Waals surface area (Å²) in [5.41, 5.74) is 0.457. The summed E-state index contributed by atoms with van der Waals surface area (Å²) < 4.78 is 48.0. The first-order chi connectivity index (χ1) is 21.6. The van der Waals surface area contributed by atoms with Gasteiger partial charge in [-0.2, -0.15) is 18.3 Å². The molecule has 6 rings (SSSR count). The van der Waals surface area contributed by atoms with Gasteiger partial charge in [0, 0.05) is 29.6 Å². The first kappa shape index (κ1) is 30.6. The van der Waals surface area contributed by atoms with E-state index < -0.39 is 23.4 Å². The molecule has 1 amide bonds. The number of alkyl halides is 3. The fourth-order valence-corrected chi connectivity index (χ4v) is 6.04. The van der Waals surface area contributed by atoms with Crippen molar-refractivity contribution < 1.29 is 32.6 Å². The molecule has 2 aliphatic rings. The summed E-state index contributed by atoms with van der Waals surface area (Å²) in [7, 11) is 0. The Morgan fingerprint density at radius 2 is 1.73 bits per heavy atom. The molecule has 1 saturated heterocycles. The molecule has 0 atom stereocenters. The van der Waals surface area contributed by atoms with Crippen LogP contribution >= 0.6 is 11.6 Å². The second-order valence-electron chi connectivity index (χ2n) is 11.4. The van der Waals surface area contributed by atoms with E-state index >= 15 is 0 Å². The fourth-order valence-electron chi connectivity index (χ4n) is 5.86. The van der Waals surface area contributed by atoms with Crippen LogP contribution in [-0.2, 0) is 17.6 Å². The van der Waals surface area contributed by atoms with Crippen LogP contribution in [0.4, 0.5) is 13.2 Å². The lowest BCUT2D eigenvalue weighted by molar-refractivity contribution is -0.143. The van der Waals surface area contributed by atoms with Crippen LogP contribution < -0.4 is 4.74 Å². The molecule has 2 fully saturated rings. The number of ether oxygens (including phenoxy) is 1. The van der Waals surface area contributed by atoms with Crippen molar-refractivity contribution in [3.8, 4) is 22.8 Å². The summed E-state index contributed by atoms with van der Waals surface area (Å²) in [6.45, 7) is 1.80. The molecule has 0 spiro atoms. The van der Waals surface area contributed by atoms with Crippen LogP contribution in [0, 0.1) is 5.92 Å². The molecule has 2 aromatic heterocycles. The number of carboxylic acid groups (broad SMARTS) is 1. The van der Waals surface area contributed by atoms with E-state index in [4.69, 9.17) is 16.3 Å². The Morgan fingerprint density at radius 3 is 2.38 bits per heavy atom. The number of carbonyl (C=O) groups excluding carboxylic acids is 1. The third kappa shape index (κ3) is 6.54. The molecule has 12 heteroatoms. The summed E-state index contributed by atoms with van der Waals surface area (Å²) in [6, 6.07) is 17.5. The number of hydrogen-bond donors (Lipinski definition) is 1. The standard InChI is InChI=1S/C33H30ClF3N4O4/c34-24-11-12-28(25(17-24)27-5-2-6-29(39-27)41-30(33(35,36)37)26(18-38-41)32(43)44)45-19-20-7-9-21(10-8-20)22-13-15-40(16-14-22)31(42)23-3-1-4-23/h2,5-12,17-18,22-23H,1,3-4,13-16,19H2,(H,43,44). The Bertz CT molecular complexity index is 1710. The lowest BCUT2D eigenvalue weighted by atomic mass is 9.83. The van der Waals surface area contributed by atoms with E-state index in [1.54, 1.807) is 24.3 Å². The molecule has 1 aliphatic heterocycles. The monoisotopic (exact) mass is 638 g/mol. The highest BCUT2D eigenvalue weighted by Crippen LogP contribution is 2.36. The van der Waals surface area contributed by atoms with E-state index in [1.165, 1.54) is 17.7 Å². The summed E-state index contributed by atoms with van der Waals surface area (Å²) in [6.07, 6.45) is 0.746. The van der Waals surface area contributed by atoms with Gasteiger partial charge >= 0.3 is 12.1 Å². The Hall–Kier alpha value is -4.38. The van der Waals surface area contributed by atoms with E-state index in [9.17, 15) is 27.9 Å². The van der Waals surface area contributed by atoms with E-state index in [-0.39, 0.29) is 24.0 Å². The van der Waals surface area contributed by atoms with Gasteiger partial charge in [0.15, 0.2) is 11.5 Å². The largest absolute Gasteiger partial charge is 0.488 e. The molecular weight excluding hydrogens is 609 g/mol. The molecule has 234 valence electrons. The average Bonchev–Trinajstić information content (AvgIpc) is 3.47. The summed E-state index contributed by atoms with van der Waals surface area (Å²) in [4.78, 5) is 30.4. The molecule has 1 N–H and O–H groups in total. The number of halogens is 4. The number of pyridine rings is 1. The molecule has 3 heterocycles. The Kier molecular flexibility index (Phi) is 8.54. The third-order valence-electron chi connectivity index (χ3n) is 8.54. The van der Waals surface area contributed by atoms with Crippen molar-refractivity contribution in [2.45, 2.75) is 50.8 Å². The summed E-state index contributed by atoms with van der Waals surface area (Å²) >= 11 is 6.27. The maximum atomic E-state index is 13.8. The molecule has 0 radical (unpaired) electrons. The van der Waals surface area contributed by atoms with Crippen molar-refractivity contribution in [3.05, 3.63) is 94.3 Å². The number of benzene rings is 2. The van der Waals surface area contributed by atoms with Crippen LogP contribution in [-0.4, -0.2) is 49.7 Å². The Balaban J connectivity index is 1.16. The molecule has 8 nitrogen and oxygen atoms in total. The topological polar surface area (TPSA) is 97.5 Å². The van der Waals surface area contributed by atoms with Crippen molar-refractivity contribution in [1.29, 1.82) is 0 Å². The van der Waals surface area contributed by atoms with E-state index in [1.807, 2.05) is 17.0 Å². The van der Waals surface area contributed by atoms with Gasteiger partial charge in [0.25, 0.3) is 0 Å². The zero-order chi connectivity index (χ0) is 31.7. The number of nitrogens with zero attached hydrogens (tertiary/aromatic N) is 4. The number of likely N-dealkylation sites (tertiary alicyclic amines) is 1. The summed E-state index contributed by atoms with van der Waals surface area (Å²) in [5.74, 6) is -0.607. The van der Waals surface area contributed by atoms with Crippen LogP contribution in [0.2, 0.25) is 5.02 Å². The van der Waals surface area contributed by atoms with Gasteiger partial charge in [-0.05, 0) is 73.1 Å². The van der Waals surface area contributed by atoms with Crippen molar-refractivity contribution in [3.63, 3.8) is 0 Å². The first-order valence-corrected chi connectivity index (χ1v) is 15.1. The van der Waals surface area contributed by atoms with Crippen LogP contribution in [0.15, 0.2) is 66.9 Å². The molecule has 0 unspecified atom stereocenters. The lowest BCUT2D eigenvalue weighted by Gasteiger charge is -2.36. The minimum atomic E-state index is -4.98. The highest BCUT2D eigenvalue weighted by atomic mass is 35.5. The van der Waals surface area contributed by atoms with Crippen molar-refractivity contribution >= 4 is 23.5 Å². The number of hydrogen-bond acceptors (Lipinski definition) is 5. The van der Waals surface area contributed by atoms with Crippen LogP contribution in [0.25, 0.3) is 17.1 Å². The van der Waals surface area contributed by atoms with Gasteiger partial charge < -0.3 is 14.7 Å². The second kappa shape index (κ2) is 12.5. The number of aromatic nitrogens is 3. The van der Waals surface area contributed by atoms with Crippen LogP contribution in [0.1, 0.15) is 65.2 Å². The molecule has 0 bridgehead atoms. The molecule has 45 heavy (non-hydrogen) atoms. The molecular formula is C33H30ClF3N4O4. The SMILES string of the molecule is O=C(O)c1cnn(-c2cccc(-c3cc(Cl)ccc3OCc3ccc(C4CCN(C(=O)C5CCC5)CC4)cc3)n2)c1C(F)(F)F. The summed E-state index contributed by atoms with van der Waals surface area (Å²) in [5, 5.41) is 13.3. The maximum Gasteiger partial charge on any atom is 0.434 e. The van der Waals surface area contributed by atoms with Gasteiger partial charge in [0.1, 0.15) is 17.9 Å². The highest BCUT2D eigenvalue weighted by molar-refractivity contribution is 6.31. The Labute approximate surface area is 262 Å². The molecule has 1 saturated carbocycles. The minimum absolute atomic E-state index is 0.216. The smallest absolute Gasteiger partial charge is 0.434 e. The second-order valence-corrected chi connectivity index (χ2v) is 11.8. The van der Waals surface area contributed by atoms with Gasteiger partial charge in [0.05, 0.1) is 11.9 Å². The number of aromatic carboxylic acids is 1. The predicted octanol–water partition coefficient (Wildman–Crippen LogP) is 7.39. The van der Waals surface area contributed by atoms with Gasteiger partial charge in [0.2, 0.25) is 5.91 Å². The van der Waals surface area contributed by atoms with Gasteiger partial charge in [-0.1, -0.05) is 48.4 Å². The first-order valence-electron chi connectivity index (χ1n) is 14.7. The number of amides is 1. The average molecular weight is 639 g/mol. The van der Waals surface area contributed by atoms with E-state index in [2.05, 4.69) is 22.2 Å². The predicted molar refractivity (Wildman–Crippen MR) is 160 cm³/mol. The zero-order valence-corrected chi connectivity index (χ0v) is 24.9. The minimum Gasteiger partial charge on any atom is -0.488 e. The quantitative estimate of drug-likeness (QED) is 0.216. The van der Waals surface area contributed by atoms with Crippen LogP contribution in [0.3, 0.4) is 0 Å². The maximum absolute atomic E-state index is 13.8.